The summed E-state index contributed by atoms with van der Waals surface area (Å²) in [5.74, 6) is -0.547. The zero-order valence-electron chi connectivity index (χ0n) is 22.3. The molecule has 1 heterocycles. The van der Waals surface area contributed by atoms with Gasteiger partial charge in [-0.3, -0.25) is 9.10 Å². The number of amides is 1. The smallest absolute Gasteiger partial charge is 0.264 e. The first-order valence-electron chi connectivity index (χ1n) is 13.0. The van der Waals surface area contributed by atoms with Crippen LogP contribution in [0.15, 0.2) is 111 Å². The highest BCUT2D eigenvalue weighted by Gasteiger charge is 2.32. The molecule has 8 nitrogen and oxygen atoms in total. The van der Waals surface area contributed by atoms with Crippen LogP contribution in [0.4, 0.5) is 11.4 Å². The number of hydrogen-bond donors (Lipinski definition) is 1. The molecule has 0 saturated heterocycles. The fraction of sp³-hybridized carbons (Fsp3) is 0.167. The number of fused-ring (bicyclic) bond motifs is 1. The molecule has 0 unspecified atom stereocenters. The number of sulfonamides is 2. The summed E-state index contributed by atoms with van der Waals surface area (Å²) in [4.78, 5) is 13.4. The van der Waals surface area contributed by atoms with Crippen molar-refractivity contribution < 1.29 is 21.6 Å². The number of carbonyl (C=O) groups is 1. The van der Waals surface area contributed by atoms with Crippen LogP contribution in [-0.4, -0.2) is 46.7 Å². The Kier molecular flexibility index (Phi) is 9.05. The minimum Gasteiger partial charge on any atom is -0.325 e. The largest absolute Gasteiger partial charge is 0.325 e. The van der Waals surface area contributed by atoms with Crippen LogP contribution in [0.2, 0.25) is 5.02 Å². The van der Waals surface area contributed by atoms with Crippen LogP contribution >= 0.6 is 27.5 Å². The van der Waals surface area contributed by atoms with Gasteiger partial charge in [0, 0.05) is 28.3 Å². The molecule has 1 N–H and O–H groups in total. The number of rotatable bonds is 10. The van der Waals surface area contributed by atoms with Gasteiger partial charge in [0.1, 0.15) is 0 Å². The van der Waals surface area contributed by atoms with Crippen molar-refractivity contribution in [1.82, 2.24) is 4.31 Å². The maximum atomic E-state index is 13.6. The van der Waals surface area contributed by atoms with E-state index in [2.05, 4.69) is 21.2 Å². The van der Waals surface area contributed by atoms with E-state index in [-0.39, 0.29) is 22.9 Å². The van der Waals surface area contributed by atoms with E-state index >= 15 is 0 Å². The number of nitrogens with zero attached hydrogens (tertiary/aromatic N) is 2. The average molecular weight is 689 g/mol. The Bertz CT molecular complexity index is 1800. The first-order valence-corrected chi connectivity index (χ1v) is 17.1. The van der Waals surface area contributed by atoms with Crippen LogP contribution in [0, 0.1) is 0 Å². The summed E-state index contributed by atoms with van der Waals surface area (Å²) < 4.78 is 57.1. The fourth-order valence-corrected chi connectivity index (χ4v) is 7.99. The van der Waals surface area contributed by atoms with Gasteiger partial charge in [0.15, 0.2) is 0 Å². The summed E-state index contributed by atoms with van der Waals surface area (Å²) in [6, 6.07) is 26.7. The molecule has 0 radical (unpaired) electrons. The summed E-state index contributed by atoms with van der Waals surface area (Å²) in [5.41, 5.74) is 2.59. The Morgan fingerprint density at radius 3 is 2.24 bits per heavy atom. The first kappa shape index (κ1) is 30.2. The second kappa shape index (κ2) is 12.6. The average Bonchev–Trinajstić information content (AvgIpc) is 3.40. The van der Waals surface area contributed by atoms with Crippen molar-refractivity contribution in [1.29, 1.82) is 0 Å². The lowest BCUT2D eigenvalue weighted by Gasteiger charge is -2.23. The molecule has 0 fully saturated rings. The molecule has 5 rings (SSSR count). The highest BCUT2D eigenvalue weighted by atomic mass is 79.9. The van der Waals surface area contributed by atoms with Gasteiger partial charge in [-0.2, -0.15) is 4.31 Å². The molecule has 0 saturated carbocycles. The van der Waals surface area contributed by atoms with E-state index in [1.54, 1.807) is 30.3 Å². The Balaban J connectivity index is 1.36. The SMILES string of the molecule is O=C(CN(CCc1ccccc1)S(=O)(=O)c1ccc(Br)cc1)Nc1ccc2c(c1)N(S(=O)(=O)c1ccc(Cl)cc1)CC2. The maximum Gasteiger partial charge on any atom is 0.264 e. The van der Waals surface area contributed by atoms with Gasteiger partial charge in [0.05, 0.1) is 22.0 Å². The third-order valence-electron chi connectivity index (χ3n) is 6.89. The molecule has 1 amide bonds. The van der Waals surface area contributed by atoms with Gasteiger partial charge in [-0.25, -0.2) is 16.8 Å². The van der Waals surface area contributed by atoms with Gasteiger partial charge < -0.3 is 5.32 Å². The molecule has 1 aliphatic rings. The molecule has 4 aromatic rings. The van der Waals surface area contributed by atoms with Crippen molar-refractivity contribution in [2.24, 2.45) is 0 Å². The van der Waals surface area contributed by atoms with Gasteiger partial charge in [0.2, 0.25) is 15.9 Å². The Morgan fingerprint density at radius 1 is 0.881 bits per heavy atom. The molecule has 12 heteroatoms. The molecular formula is C30H27BrClN3O5S2. The van der Waals surface area contributed by atoms with Crippen molar-refractivity contribution in [3.63, 3.8) is 0 Å². The van der Waals surface area contributed by atoms with Crippen molar-refractivity contribution in [2.75, 3.05) is 29.3 Å². The quantitative estimate of drug-likeness (QED) is 0.230. The Morgan fingerprint density at radius 2 is 1.55 bits per heavy atom. The number of anilines is 2. The molecular weight excluding hydrogens is 662 g/mol. The molecule has 42 heavy (non-hydrogen) atoms. The molecule has 0 bridgehead atoms. The van der Waals surface area contributed by atoms with E-state index in [0.29, 0.717) is 29.2 Å². The first-order chi connectivity index (χ1) is 20.0. The van der Waals surface area contributed by atoms with E-state index in [9.17, 15) is 21.6 Å². The molecule has 218 valence electrons. The predicted octanol–water partition coefficient (Wildman–Crippen LogP) is 5.73. The summed E-state index contributed by atoms with van der Waals surface area (Å²) in [5, 5.41) is 3.19. The minimum atomic E-state index is -3.99. The number of hydrogen-bond acceptors (Lipinski definition) is 5. The topological polar surface area (TPSA) is 104 Å². The zero-order chi connectivity index (χ0) is 29.9. The lowest BCUT2D eigenvalue weighted by Crippen LogP contribution is -2.39. The van der Waals surface area contributed by atoms with Crippen molar-refractivity contribution in [3.8, 4) is 0 Å². The third kappa shape index (κ3) is 6.71. The minimum absolute atomic E-state index is 0.0761. The van der Waals surface area contributed by atoms with Gasteiger partial charge >= 0.3 is 0 Å². The monoisotopic (exact) mass is 687 g/mol. The standard InChI is InChI=1S/C30H27BrClN3O5S2/c31-24-7-12-27(13-8-24)41(37,38)34(18-16-22-4-2-1-3-5-22)21-30(36)33-26-11-6-23-17-19-35(29(23)20-26)42(39,40)28-14-9-25(32)10-15-28/h1-15,20H,16-19,21H2,(H,33,36). The summed E-state index contributed by atoms with van der Waals surface area (Å²) >= 11 is 9.26. The summed E-state index contributed by atoms with van der Waals surface area (Å²) in [7, 11) is -7.84. The van der Waals surface area contributed by atoms with E-state index in [1.807, 2.05) is 30.3 Å². The predicted molar refractivity (Wildman–Crippen MR) is 168 cm³/mol. The third-order valence-corrected chi connectivity index (χ3v) is 11.4. The number of nitrogens with one attached hydrogen (secondary N) is 1. The lowest BCUT2D eigenvalue weighted by molar-refractivity contribution is -0.116. The van der Waals surface area contributed by atoms with Crippen LogP contribution in [0.3, 0.4) is 0 Å². The van der Waals surface area contributed by atoms with Crippen LogP contribution in [-0.2, 0) is 37.7 Å². The Labute approximate surface area is 259 Å². The summed E-state index contributed by atoms with van der Waals surface area (Å²) in [6.45, 7) is -0.0708. The van der Waals surface area contributed by atoms with Crippen LogP contribution in [0.5, 0.6) is 0 Å². The van der Waals surface area contributed by atoms with Crippen molar-refractivity contribution in [2.45, 2.75) is 22.6 Å². The zero-order valence-corrected chi connectivity index (χ0v) is 26.3. The fourth-order valence-electron chi connectivity index (χ4n) is 4.71. The van der Waals surface area contributed by atoms with E-state index in [4.69, 9.17) is 11.6 Å². The van der Waals surface area contributed by atoms with Gasteiger partial charge in [-0.15, -0.1) is 0 Å². The van der Waals surface area contributed by atoms with Crippen LogP contribution < -0.4 is 9.62 Å². The van der Waals surface area contributed by atoms with E-state index in [1.165, 1.54) is 40.7 Å². The van der Waals surface area contributed by atoms with Crippen LogP contribution in [0.1, 0.15) is 11.1 Å². The second-order valence-corrected chi connectivity index (χ2v) is 14.9. The molecule has 4 aromatic carbocycles. The normalized spacial score (nSPS) is 13.3. The summed E-state index contributed by atoms with van der Waals surface area (Å²) in [6.07, 6.45) is 0.940. The van der Waals surface area contributed by atoms with Gasteiger partial charge in [-0.1, -0.05) is 63.9 Å². The van der Waals surface area contributed by atoms with Gasteiger partial charge in [0.25, 0.3) is 10.0 Å². The number of halogens is 2. The number of carbonyl (C=O) groups excluding carboxylic acids is 1. The molecule has 0 aromatic heterocycles. The molecule has 0 spiro atoms. The molecule has 0 atom stereocenters. The second-order valence-electron chi connectivity index (χ2n) is 9.70. The van der Waals surface area contributed by atoms with Crippen molar-refractivity contribution in [3.05, 3.63) is 118 Å². The Hall–Kier alpha value is -3.22. The maximum absolute atomic E-state index is 13.6. The number of benzene rings is 4. The lowest BCUT2D eigenvalue weighted by atomic mass is 10.1. The molecule has 1 aliphatic heterocycles. The van der Waals surface area contributed by atoms with Crippen LogP contribution in [0.25, 0.3) is 0 Å². The van der Waals surface area contributed by atoms with E-state index in [0.717, 1.165) is 19.9 Å². The molecule has 0 aliphatic carbocycles. The highest BCUT2D eigenvalue weighted by molar-refractivity contribution is 9.10. The van der Waals surface area contributed by atoms with E-state index < -0.39 is 32.5 Å². The van der Waals surface area contributed by atoms with Gasteiger partial charge in [-0.05, 0) is 84.6 Å². The highest BCUT2D eigenvalue weighted by Crippen LogP contribution is 2.35. The van der Waals surface area contributed by atoms with Crippen molar-refractivity contribution >= 4 is 64.9 Å².